The van der Waals surface area contributed by atoms with Crippen molar-refractivity contribution in [3.63, 3.8) is 0 Å². The number of hydrogen-bond acceptors (Lipinski definition) is 5. The lowest BCUT2D eigenvalue weighted by atomic mass is 9.71. The highest BCUT2D eigenvalue weighted by Crippen LogP contribution is 2.42. The average molecular weight is 476 g/mol. The van der Waals surface area contributed by atoms with Crippen LogP contribution in [-0.4, -0.2) is 70.7 Å². The molecule has 3 aromatic heterocycles. The predicted octanol–water partition coefficient (Wildman–Crippen LogP) is 4.08. The minimum atomic E-state index is 0.106. The SMILES string of the molecule is O=C1NC2CCC2C2C=C(c3c[nH]c4ncc(-c5ccc(CN6CCOCC6)s5)cc34)CCN12. The lowest BCUT2D eigenvalue weighted by molar-refractivity contribution is 0.0346. The molecule has 0 spiro atoms. The topological polar surface area (TPSA) is 73.5 Å². The summed E-state index contributed by atoms with van der Waals surface area (Å²) in [5, 5.41) is 4.35. The van der Waals surface area contributed by atoms with Crippen molar-refractivity contribution in [3.8, 4) is 10.4 Å². The van der Waals surface area contributed by atoms with Crippen LogP contribution in [0.2, 0.25) is 0 Å². The van der Waals surface area contributed by atoms with Gasteiger partial charge in [-0.25, -0.2) is 9.78 Å². The third kappa shape index (κ3) is 3.47. The molecule has 0 aromatic carbocycles. The molecule has 3 aromatic rings. The van der Waals surface area contributed by atoms with E-state index < -0.39 is 0 Å². The van der Waals surface area contributed by atoms with Crippen LogP contribution in [0.5, 0.6) is 0 Å². The number of nitrogens with one attached hydrogen (secondary N) is 2. The van der Waals surface area contributed by atoms with Gasteiger partial charge in [0.2, 0.25) is 0 Å². The third-order valence-electron chi connectivity index (χ3n) is 8.00. The quantitative estimate of drug-likeness (QED) is 0.596. The van der Waals surface area contributed by atoms with Crippen LogP contribution in [0.1, 0.15) is 29.7 Å². The highest BCUT2D eigenvalue weighted by atomic mass is 32.1. The number of hydrogen-bond donors (Lipinski definition) is 2. The molecule has 3 fully saturated rings. The molecule has 34 heavy (non-hydrogen) atoms. The van der Waals surface area contributed by atoms with Gasteiger partial charge in [0.15, 0.2) is 0 Å². The standard InChI is InChI=1S/C26H29N5O2S/c32-26-29-22-3-2-19(22)23-12-16(5-6-31(23)26)21-14-28-25-20(21)11-17(13-27-25)24-4-1-18(34-24)15-30-7-9-33-10-8-30/h1,4,11-14,19,22-23H,2-3,5-10,15H2,(H,27,28)(H,29,32). The Hall–Kier alpha value is -2.68. The number of fused-ring (bicyclic) bond motifs is 4. The zero-order chi connectivity index (χ0) is 22.6. The molecule has 2 saturated heterocycles. The summed E-state index contributed by atoms with van der Waals surface area (Å²) < 4.78 is 5.48. The molecule has 7 rings (SSSR count). The number of rotatable bonds is 4. The fraction of sp³-hybridized carbons (Fsp3) is 0.462. The molecular weight excluding hydrogens is 446 g/mol. The van der Waals surface area contributed by atoms with E-state index in [4.69, 9.17) is 9.72 Å². The van der Waals surface area contributed by atoms with E-state index in [1.54, 1.807) is 0 Å². The average Bonchev–Trinajstić information content (AvgIpc) is 3.48. The summed E-state index contributed by atoms with van der Waals surface area (Å²) in [5.41, 5.74) is 4.66. The summed E-state index contributed by atoms with van der Waals surface area (Å²) >= 11 is 1.86. The molecular formula is C26H29N5O2S. The molecule has 7 nitrogen and oxygen atoms in total. The number of carbonyl (C=O) groups is 1. The molecule has 3 aliphatic heterocycles. The van der Waals surface area contributed by atoms with E-state index in [-0.39, 0.29) is 12.1 Å². The van der Waals surface area contributed by atoms with Gasteiger partial charge in [0.05, 0.1) is 19.3 Å². The molecule has 1 aliphatic carbocycles. The van der Waals surface area contributed by atoms with E-state index >= 15 is 0 Å². The van der Waals surface area contributed by atoms with Crippen molar-refractivity contribution in [2.45, 2.75) is 37.9 Å². The lowest BCUT2D eigenvalue weighted by Gasteiger charge is -2.52. The van der Waals surface area contributed by atoms with Crippen molar-refractivity contribution in [1.29, 1.82) is 0 Å². The number of aromatic amines is 1. The summed E-state index contributed by atoms with van der Waals surface area (Å²) in [6.07, 6.45) is 9.62. The minimum absolute atomic E-state index is 0.106. The van der Waals surface area contributed by atoms with E-state index in [2.05, 4.69) is 45.7 Å². The predicted molar refractivity (Wildman–Crippen MR) is 134 cm³/mol. The monoisotopic (exact) mass is 475 g/mol. The van der Waals surface area contributed by atoms with Gasteiger partial charge in [-0.05, 0) is 43.0 Å². The normalized spacial score (nSPS) is 27.1. The van der Waals surface area contributed by atoms with Crippen LogP contribution in [0.3, 0.4) is 0 Å². The Kier molecular flexibility index (Phi) is 5.00. The number of aromatic nitrogens is 2. The third-order valence-corrected chi connectivity index (χ3v) is 9.12. The van der Waals surface area contributed by atoms with E-state index in [1.807, 2.05) is 22.4 Å². The van der Waals surface area contributed by atoms with Crippen molar-refractivity contribution in [2.24, 2.45) is 5.92 Å². The van der Waals surface area contributed by atoms with Crippen molar-refractivity contribution in [1.82, 2.24) is 25.1 Å². The van der Waals surface area contributed by atoms with E-state index in [0.717, 1.165) is 57.9 Å². The number of pyridine rings is 1. The number of H-pyrrole nitrogens is 1. The van der Waals surface area contributed by atoms with Crippen LogP contribution < -0.4 is 5.32 Å². The maximum atomic E-state index is 12.5. The van der Waals surface area contributed by atoms with Crippen LogP contribution in [0, 0.1) is 5.92 Å². The van der Waals surface area contributed by atoms with E-state index in [9.17, 15) is 4.79 Å². The Morgan fingerprint density at radius 2 is 2.09 bits per heavy atom. The maximum absolute atomic E-state index is 12.5. The summed E-state index contributed by atoms with van der Waals surface area (Å²) in [4.78, 5) is 27.8. The molecule has 2 amide bonds. The number of ether oxygens (including phenoxy) is 1. The minimum Gasteiger partial charge on any atom is -0.379 e. The van der Waals surface area contributed by atoms with Gasteiger partial charge in [-0.2, -0.15) is 0 Å². The number of amides is 2. The van der Waals surface area contributed by atoms with Crippen molar-refractivity contribution < 1.29 is 9.53 Å². The van der Waals surface area contributed by atoms with Gasteiger partial charge in [0.25, 0.3) is 0 Å². The van der Waals surface area contributed by atoms with Crippen LogP contribution in [-0.2, 0) is 11.3 Å². The maximum Gasteiger partial charge on any atom is 0.318 e. The summed E-state index contributed by atoms with van der Waals surface area (Å²) in [6, 6.07) is 7.44. The first-order valence-electron chi connectivity index (χ1n) is 12.4. The van der Waals surface area contributed by atoms with Crippen LogP contribution in [0.15, 0.2) is 36.7 Å². The smallest absolute Gasteiger partial charge is 0.318 e. The van der Waals surface area contributed by atoms with Gasteiger partial charge in [-0.3, -0.25) is 4.90 Å². The molecule has 0 bridgehead atoms. The Morgan fingerprint density at radius 1 is 1.18 bits per heavy atom. The van der Waals surface area contributed by atoms with Gasteiger partial charge < -0.3 is 19.9 Å². The largest absolute Gasteiger partial charge is 0.379 e. The molecule has 0 radical (unpaired) electrons. The summed E-state index contributed by atoms with van der Waals surface area (Å²) in [6.45, 7) is 5.43. The molecule has 6 heterocycles. The first-order valence-corrected chi connectivity index (χ1v) is 13.2. The van der Waals surface area contributed by atoms with Gasteiger partial charge in [-0.15, -0.1) is 11.3 Å². The van der Waals surface area contributed by atoms with Crippen LogP contribution in [0.4, 0.5) is 4.79 Å². The number of nitrogens with zero attached hydrogens (tertiary/aromatic N) is 3. The second kappa shape index (κ2) is 8.22. The van der Waals surface area contributed by atoms with Crippen molar-refractivity contribution >= 4 is 34.0 Å². The Labute approximate surface area is 202 Å². The molecule has 2 N–H and O–H groups in total. The van der Waals surface area contributed by atoms with Gasteiger partial charge >= 0.3 is 6.03 Å². The van der Waals surface area contributed by atoms with Gasteiger partial charge in [0, 0.05) is 76.8 Å². The first kappa shape index (κ1) is 20.7. The zero-order valence-corrected chi connectivity index (χ0v) is 19.9. The Bertz CT molecular complexity index is 1270. The molecule has 8 heteroatoms. The molecule has 4 aliphatic rings. The number of carbonyl (C=O) groups excluding carboxylic acids is 1. The fourth-order valence-electron chi connectivity index (χ4n) is 5.94. The summed E-state index contributed by atoms with van der Waals surface area (Å²) in [5.74, 6) is 0.544. The second-order valence-corrected chi connectivity index (χ2v) is 11.1. The number of morpholine rings is 1. The highest BCUT2D eigenvalue weighted by molar-refractivity contribution is 7.15. The van der Waals surface area contributed by atoms with Gasteiger partial charge in [-0.1, -0.05) is 6.08 Å². The lowest BCUT2D eigenvalue weighted by Crippen LogP contribution is -2.66. The van der Waals surface area contributed by atoms with E-state index in [1.165, 1.54) is 38.3 Å². The molecule has 1 saturated carbocycles. The Morgan fingerprint density at radius 3 is 2.94 bits per heavy atom. The van der Waals surface area contributed by atoms with Crippen LogP contribution >= 0.6 is 11.3 Å². The fourth-order valence-corrected chi connectivity index (χ4v) is 6.97. The molecule has 3 atom stereocenters. The van der Waals surface area contributed by atoms with Gasteiger partial charge in [0.1, 0.15) is 5.65 Å². The highest BCUT2D eigenvalue weighted by Gasteiger charge is 2.46. The van der Waals surface area contributed by atoms with Crippen molar-refractivity contribution in [2.75, 3.05) is 32.8 Å². The molecule has 3 unspecified atom stereocenters. The number of thiophene rings is 1. The zero-order valence-electron chi connectivity index (χ0n) is 19.1. The van der Waals surface area contributed by atoms with Crippen LogP contribution in [0.25, 0.3) is 27.0 Å². The van der Waals surface area contributed by atoms with E-state index in [0.29, 0.717) is 12.0 Å². The first-order chi connectivity index (χ1) is 16.7. The Balaban J connectivity index is 1.18. The van der Waals surface area contributed by atoms with Crippen molar-refractivity contribution in [3.05, 3.63) is 47.1 Å². The second-order valence-electron chi connectivity index (χ2n) is 9.90. The summed E-state index contributed by atoms with van der Waals surface area (Å²) in [7, 11) is 0. The number of urea groups is 1. The molecule has 176 valence electrons.